The fourth-order valence-electron chi connectivity index (χ4n) is 3.49. The predicted molar refractivity (Wildman–Crippen MR) is 128 cm³/mol. The molecule has 0 atom stereocenters. The van der Waals surface area contributed by atoms with Crippen LogP contribution in [0, 0.1) is 13.8 Å². The molecule has 2 aromatic heterocycles. The molecule has 4 rings (SSSR count). The second kappa shape index (κ2) is 9.83. The van der Waals surface area contributed by atoms with E-state index in [4.69, 9.17) is 9.47 Å². The topological polar surface area (TPSA) is 91.2 Å². The van der Waals surface area contributed by atoms with Crippen molar-refractivity contribution in [3.05, 3.63) is 70.4 Å². The molecule has 0 aliphatic heterocycles. The molecule has 170 valence electrons. The summed E-state index contributed by atoms with van der Waals surface area (Å²) in [7, 11) is 3.21. The molecule has 4 aromatic rings. The molecule has 0 fully saturated rings. The zero-order valence-corrected chi connectivity index (χ0v) is 19.8. The number of amides is 1. The van der Waals surface area contributed by atoms with Crippen LogP contribution in [0.5, 0.6) is 11.5 Å². The van der Waals surface area contributed by atoms with Crippen molar-refractivity contribution in [2.45, 2.75) is 20.3 Å². The quantitative estimate of drug-likeness (QED) is 0.425. The Morgan fingerprint density at radius 1 is 1.06 bits per heavy atom. The van der Waals surface area contributed by atoms with Crippen LogP contribution in [0.1, 0.15) is 26.6 Å². The number of hydrogen-bond donors (Lipinski definition) is 1. The van der Waals surface area contributed by atoms with Gasteiger partial charge in [-0.2, -0.15) is 0 Å². The molecule has 2 aromatic carbocycles. The van der Waals surface area contributed by atoms with Gasteiger partial charge in [-0.1, -0.05) is 29.5 Å². The van der Waals surface area contributed by atoms with Gasteiger partial charge in [0.05, 0.1) is 31.3 Å². The van der Waals surface area contributed by atoms with Crippen molar-refractivity contribution in [3.8, 4) is 27.9 Å². The second-order valence-electron chi connectivity index (χ2n) is 7.40. The first-order valence-corrected chi connectivity index (χ1v) is 11.3. The van der Waals surface area contributed by atoms with Gasteiger partial charge in [0, 0.05) is 6.54 Å². The van der Waals surface area contributed by atoms with E-state index in [0.717, 1.165) is 16.9 Å². The Morgan fingerprint density at radius 2 is 1.82 bits per heavy atom. The van der Waals surface area contributed by atoms with E-state index in [0.29, 0.717) is 45.7 Å². The Hall–Kier alpha value is -3.72. The Kier molecular flexibility index (Phi) is 6.69. The summed E-state index contributed by atoms with van der Waals surface area (Å²) in [6.45, 7) is 4.27. The molecule has 0 radical (unpaired) electrons. The SMILES string of the molecule is COc1ccc(CCNC(=O)c2sc(-c3nnn(-c4ccccc4)c3C)nc2C)cc1OC. The molecule has 0 saturated carbocycles. The maximum atomic E-state index is 12.8. The van der Waals surface area contributed by atoms with Gasteiger partial charge in [-0.3, -0.25) is 4.79 Å². The molecule has 33 heavy (non-hydrogen) atoms. The first-order chi connectivity index (χ1) is 16.0. The van der Waals surface area contributed by atoms with E-state index >= 15 is 0 Å². The average Bonchev–Trinajstić information content (AvgIpc) is 3.41. The minimum absolute atomic E-state index is 0.148. The molecule has 8 nitrogen and oxygen atoms in total. The van der Waals surface area contributed by atoms with Gasteiger partial charge < -0.3 is 14.8 Å². The maximum Gasteiger partial charge on any atom is 0.263 e. The number of rotatable bonds is 8. The first-order valence-electron chi connectivity index (χ1n) is 10.5. The second-order valence-corrected chi connectivity index (χ2v) is 8.40. The number of para-hydroxylation sites is 1. The van der Waals surface area contributed by atoms with Gasteiger partial charge in [-0.25, -0.2) is 9.67 Å². The van der Waals surface area contributed by atoms with Crippen LogP contribution < -0.4 is 14.8 Å². The van der Waals surface area contributed by atoms with E-state index in [1.807, 2.05) is 62.4 Å². The van der Waals surface area contributed by atoms with Crippen molar-refractivity contribution < 1.29 is 14.3 Å². The van der Waals surface area contributed by atoms with E-state index in [2.05, 4.69) is 20.6 Å². The van der Waals surface area contributed by atoms with Crippen LogP contribution in [0.25, 0.3) is 16.4 Å². The van der Waals surface area contributed by atoms with Gasteiger partial charge in [0.1, 0.15) is 15.6 Å². The molecule has 0 saturated heterocycles. The third-order valence-corrected chi connectivity index (χ3v) is 6.41. The molecular weight excluding hydrogens is 438 g/mol. The van der Waals surface area contributed by atoms with Crippen molar-refractivity contribution in [1.82, 2.24) is 25.3 Å². The molecule has 0 spiro atoms. The van der Waals surface area contributed by atoms with E-state index in [9.17, 15) is 4.79 Å². The van der Waals surface area contributed by atoms with Gasteiger partial charge in [0.25, 0.3) is 5.91 Å². The Balaban J connectivity index is 1.44. The standard InChI is InChI=1S/C24H25N5O3S/c1-15-22(23(30)25-13-12-17-10-11-19(31-3)20(14-17)32-4)33-24(26-15)21-16(2)29(28-27-21)18-8-6-5-7-9-18/h5-11,14H,12-13H2,1-4H3,(H,25,30). The lowest BCUT2D eigenvalue weighted by Crippen LogP contribution is -2.25. The number of hydrogen-bond acceptors (Lipinski definition) is 7. The van der Waals surface area contributed by atoms with Crippen LogP contribution >= 0.6 is 11.3 Å². The van der Waals surface area contributed by atoms with Gasteiger partial charge in [0.15, 0.2) is 11.5 Å². The minimum Gasteiger partial charge on any atom is -0.493 e. The average molecular weight is 464 g/mol. The fraction of sp³-hybridized carbons (Fsp3) is 0.250. The highest BCUT2D eigenvalue weighted by atomic mass is 32.1. The van der Waals surface area contributed by atoms with Crippen LogP contribution in [-0.2, 0) is 6.42 Å². The van der Waals surface area contributed by atoms with Crippen LogP contribution in [0.15, 0.2) is 48.5 Å². The molecule has 2 heterocycles. The molecule has 0 aliphatic rings. The Morgan fingerprint density at radius 3 is 2.55 bits per heavy atom. The van der Waals surface area contributed by atoms with Crippen molar-refractivity contribution in [2.24, 2.45) is 0 Å². The van der Waals surface area contributed by atoms with E-state index < -0.39 is 0 Å². The monoisotopic (exact) mass is 463 g/mol. The summed E-state index contributed by atoms with van der Waals surface area (Å²) in [5.41, 5.74) is 4.19. The largest absolute Gasteiger partial charge is 0.493 e. The molecule has 0 unspecified atom stereocenters. The number of aromatic nitrogens is 4. The number of carbonyl (C=O) groups excluding carboxylic acids is 1. The summed E-state index contributed by atoms with van der Waals surface area (Å²) in [4.78, 5) is 18.0. The number of ether oxygens (including phenoxy) is 2. The number of carbonyl (C=O) groups is 1. The molecule has 1 amide bonds. The summed E-state index contributed by atoms with van der Waals surface area (Å²) in [6, 6.07) is 15.5. The van der Waals surface area contributed by atoms with E-state index in [1.54, 1.807) is 18.9 Å². The summed E-state index contributed by atoms with van der Waals surface area (Å²) < 4.78 is 12.4. The first kappa shape index (κ1) is 22.5. The summed E-state index contributed by atoms with van der Waals surface area (Å²) in [5.74, 6) is 1.20. The Labute approximate surface area is 196 Å². The van der Waals surface area contributed by atoms with Crippen molar-refractivity contribution >= 4 is 17.2 Å². The van der Waals surface area contributed by atoms with Crippen LogP contribution in [0.3, 0.4) is 0 Å². The summed E-state index contributed by atoms with van der Waals surface area (Å²) >= 11 is 1.33. The minimum atomic E-state index is -0.148. The van der Waals surface area contributed by atoms with Crippen molar-refractivity contribution in [1.29, 1.82) is 0 Å². The number of benzene rings is 2. The number of nitrogens with one attached hydrogen (secondary N) is 1. The van der Waals surface area contributed by atoms with Gasteiger partial charge in [-0.15, -0.1) is 16.4 Å². The summed E-state index contributed by atoms with van der Waals surface area (Å²) in [6.07, 6.45) is 0.668. The third-order valence-electron chi connectivity index (χ3n) is 5.25. The third kappa shape index (κ3) is 4.73. The van der Waals surface area contributed by atoms with Crippen LogP contribution in [0.4, 0.5) is 0 Å². The highest BCUT2D eigenvalue weighted by Gasteiger charge is 2.20. The zero-order valence-electron chi connectivity index (χ0n) is 19.0. The van der Waals surface area contributed by atoms with Crippen LogP contribution in [-0.4, -0.2) is 46.6 Å². The molecule has 1 N–H and O–H groups in total. The number of aryl methyl sites for hydroxylation is 1. The molecule has 0 bridgehead atoms. The molecular formula is C24H25N5O3S. The highest BCUT2D eigenvalue weighted by Crippen LogP contribution is 2.30. The maximum absolute atomic E-state index is 12.8. The highest BCUT2D eigenvalue weighted by molar-refractivity contribution is 7.17. The smallest absolute Gasteiger partial charge is 0.263 e. The lowest BCUT2D eigenvalue weighted by molar-refractivity contribution is 0.0957. The number of nitrogens with zero attached hydrogens (tertiary/aromatic N) is 4. The number of methoxy groups -OCH3 is 2. The Bertz CT molecular complexity index is 1270. The molecule has 9 heteroatoms. The normalized spacial score (nSPS) is 10.8. The van der Waals surface area contributed by atoms with E-state index in [1.165, 1.54) is 11.3 Å². The lowest BCUT2D eigenvalue weighted by Gasteiger charge is -2.10. The van der Waals surface area contributed by atoms with Crippen LogP contribution in [0.2, 0.25) is 0 Å². The fourth-order valence-corrected chi connectivity index (χ4v) is 4.51. The predicted octanol–water partition coefficient (Wildman–Crippen LogP) is 4.00. The van der Waals surface area contributed by atoms with Gasteiger partial charge >= 0.3 is 0 Å². The number of thiazole rings is 1. The van der Waals surface area contributed by atoms with E-state index in [-0.39, 0.29) is 5.91 Å². The van der Waals surface area contributed by atoms with Gasteiger partial charge in [0.2, 0.25) is 0 Å². The zero-order chi connectivity index (χ0) is 23.4. The molecule has 0 aliphatic carbocycles. The lowest BCUT2D eigenvalue weighted by atomic mass is 10.1. The van der Waals surface area contributed by atoms with Crippen molar-refractivity contribution in [2.75, 3.05) is 20.8 Å². The van der Waals surface area contributed by atoms with Crippen molar-refractivity contribution in [3.63, 3.8) is 0 Å². The summed E-state index contributed by atoms with van der Waals surface area (Å²) in [5, 5.41) is 12.2. The van der Waals surface area contributed by atoms with Gasteiger partial charge in [-0.05, 0) is 50.1 Å².